The van der Waals surface area contributed by atoms with Crippen LogP contribution >= 0.6 is 0 Å². The van der Waals surface area contributed by atoms with E-state index in [1.807, 2.05) is 0 Å². The predicted molar refractivity (Wildman–Crippen MR) is 69.0 cm³/mol. The summed E-state index contributed by atoms with van der Waals surface area (Å²) in [4.78, 5) is 22.2. The molecule has 0 aromatic heterocycles. The zero-order valence-corrected chi connectivity index (χ0v) is 11.0. The number of benzene rings is 1. The minimum atomic E-state index is -0.918. The Hall–Kier alpha value is -1.91. The lowest BCUT2D eigenvalue weighted by atomic mass is 10.0. The summed E-state index contributed by atoms with van der Waals surface area (Å²) in [5, 5.41) is 11.3. The SMILES string of the molecule is CC(CC(=O)O)CC(=O)N[C@H](C)c1cccc(F)c1. The Morgan fingerprint density at radius 2 is 2.00 bits per heavy atom. The molecule has 0 saturated heterocycles. The Kier molecular flexibility index (Phi) is 5.48. The lowest BCUT2D eigenvalue weighted by molar-refractivity contribution is -0.138. The molecule has 0 bridgehead atoms. The molecule has 2 atom stereocenters. The van der Waals surface area contributed by atoms with Gasteiger partial charge in [-0.2, -0.15) is 0 Å². The maximum Gasteiger partial charge on any atom is 0.303 e. The van der Waals surface area contributed by atoms with E-state index in [0.29, 0.717) is 5.56 Å². The number of aliphatic carboxylic acids is 1. The Morgan fingerprint density at radius 1 is 1.32 bits per heavy atom. The van der Waals surface area contributed by atoms with Crippen LogP contribution in [0.25, 0.3) is 0 Å². The maximum atomic E-state index is 13.0. The number of amides is 1. The van der Waals surface area contributed by atoms with Crippen molar-refractivity contribution >= 4 is 11.9 Å². The summed E-state index contributed by atoms with van der Waals surface area (Å²) in [7, 11) is 0. The molecular weight excluding hydrogens is 249 g/mol. The molecule has 0 aliphatic rings. The Labute approximate surface area is 111 Å². The van der Waals surface area contributed by atoms with Crippen LogP contribution in [0.1, 0.15) is 38.3 Å². The number of carboxylic acids is 1. The van der Waals surface area contributed by atoms with Crippen molar-refractivity contribution in [2.24, 2.45) is 5.92 Å². The van der Waals surface area contributed by atoms with Gasteiger partial charge in [0.1, 0.15) is 5.82 Å². The Balaban J connectivity index is 2.50. The molecule has 1 aromatic carbocycles. The molecule has 104 valence electrons. The number of carboxylic acid groups (broad SMARTS) is 1. The van der Waals surface area contributed by atoms with Gasteiger partial charge in [0, 0.05) is 12.8 Å². The number of carbonyl (C=O) groups excluding carboxylic acids is 1. The van der Waals surface area contributed by atoms with Gasteiger partial charge in [0.2, 0.25) is 5.91 Å². The van der Waals surface area contributed by atoms with E-state index < -0.39 is 5.97 Å². The molecule has 4 nitrogen and oxygen atoms in total. The minimum Gasteiger partial charge on any atom is -0.481 e. The molecule has 2 N–H and O–H groups in total. The van der Waals surface area contributed by atoms with E-state index in [4.69, 9.17) is 5.11 Å². The third kappa shape index (κ3) is 5.50. The smallest absolute Gasteiger partial charge is 0.303 e. The molecule has 0 fully saturated rings. The van der Waals surface area contributed by atoms with E-state index >= 15 is 0 Å². The van der Waals surface area contributed by atoms with E-state index in [1.165, 1.54) is 12.1 Å². The van der Waals surface area contributed by atoms with Gasteiger partial charge in [-0.1, -0.05) is 19.1 Å². The monoisotopic (exact) mass is 267 g/mol. The molecule has 5 heteroatoms. The molecule has 1 aromatic rings. The van der Waals surface area contributed by atoms with E-state index in [0.717, 1.165) is 0 Å². The van der Waals surface area contributed by atoms with Crippen molar-refractivity contribution in [3.8, 4) is 0 Å². The van der Waals surface area contributed by atoms with E-state index in [2.05, 4.69) is 5.32 Å². The van der Waals surface area contributed by atoms with Gasteiger partial charge in [0.25, 0.3) is 0 Å². The summed E-state index contributed by atoms with van der Waals surface area (Å²) < 4.78 is 13.0. The van der Waals surface area contributed by atoms with Gasteiger partial charge >= 0.3 is 5.97 Å². The lowest BCUT2D eigenvalue weighted by Gasteiger charge is -2.16. The van der Waals surface area contributed by atoms with Crippen molar-refractivity contribution in [3.05, 3.63) is 35.6 Å². The second-order valence-corrected chi connectivity index (χ2v) is 4.75. The first kappa shape index (κ1) is 15.1. The molecule has 1 amide bonds. The van der Waals surface area contributed by atoms with Gasteiger partial charge in [-0.15, -0.1) is 0 Å². The summed E-state index contributed by atoms with van der Waals surface area (Å²) in [6.07, 6.45) is 0.105. The number of rotatable bonds is 6. The van der Waals surface area contributed by atoms with Crippen LogP contribution < -0.4 is 5.32 Å². The van der Waals surface area contributed by atoms with E-state index in [9.17, 15) is 14.0 Å². The second kappa shape index (κ2) is 6.87. The van der Waals surface area contributed by atoms with Gasteiger partial charge in [0.15, 0.2) is 0 Å². The Morgan fingerprint density at radius 3 is 2.58 bits per heavy atom. The summed E-state index contributed by atoms with van der Waals surface area (Å²) in [6, 6.07) is 5.72. The largest absolute Gasteiger partial charge is 0.481 e. The van der Waals surface area contributed by atoms with Crippen LogP contribution in [-0.2, 0) is 9.59 Å². The summed E-state index contributed by atoms with van der Waals surface area (Å²) in [5.74, 6) is -1.72. The zero-order valence-electron chi connectivity index (χ0n) is 11.0. The molecule has 1 unspecified atom stereocenters. The number of nitrogens with one attached hydrogen (secondary N) is 1. The van der Waals surface area contributed by atoms with E-state index in [1.54, 1.807) is 26.0 Å². The molecule has 0 aliphatic carbocycles. The predicted octanol–water partition coefficient (Wildman–Crippen LogP) is 2.50. The highest BCUT2D eigenvalue weighted by Crippen LogP contribution is 2.15. The number of hydrogen-bond donors (Lipinski definition) is 2. The van der Waals surface area contributed by atoms with Crippen LogP contribution in [0.4, 0.5) is 4.39 Å². The summed E-state index contributed by atoms with van der Waals surface area (Å²) in [5.41, 5.74) is 0.680. The fraction of sp³-hybridized carbons (Fsp3) is 0.429. The highest BCUT2D eigenvalue weighted by Gasteiger charge is 2.15. The highest BCUT2D eigenvalue weighted by atomic mass is 19.1. The van der Waals surface area contributed by atoms with Gasteiger partial charge in [-0.25, -0.2) is 4.39 Å². The van der Waals surface area contributed by atoms with Crippen LogP contribution in [0, 0.1) is 11.7 Å². The topological polar surface area (TPSA) is 66.4 Å². The quantitative estimate of drug-likeness (QED) is 0.832. The molecule has 0 radical (unpaired) electrons. The summed E-state index contributed by atoms with van der Waals surface area (Å²) in [6.45, 7) is 3.47. The van der Waals surface area contributed by atoms with Crippen molar-refractivity contribution in [3.63, 3.8) is 0 Å². The summed E-state index contributed by atoms with van der Waals surface area (Å²) >= 11 is 0. The molecule has 19 heavy (non-hydrogen) atoms. The standard InChI is InChI=1S/C14H18FNO3/c1-9(7-14(18)19)6-13(17)16-10(2)11-4-3-5-12(15)8-11/h3-5,8-10H,6-7H2,1-2H3,(H,16,17)(H,18,19)/t9?,10-/m1/s1. The van der Waals surface area contributed by atoms with Crippen molar-refractivity contribution in [1.82, 2.24) is 5.32 Å². The highest BCUT2D eigenvalue weighted by molar-refractivity contribution is 5.77. The Bertz CT molecular complexity index is 462. The van der Waals surface area contributed by atoms with Gasteiger partial charge < -0.3 is 10.4 Å². The third-order valence-corrected chi connectivity index (χ3v) is 2.78. The van der Waals surface area contributed by atoms with Crippen LogP contribution in [0.2, 0.25) is 0 Å². The van der Waals surface area contributed by atoms with Crippen LogP contribution in [0.3, 0.4) is 0 Å². The zero-order chi connectivity index (χ0) is 14.4. The normalized spacial score (nSPS) is 13.6. The van der Waals surface area contributed by atoms with Crippen LogP contribution in [-0.4, -0.2) is 17.0 Å². The fourth-order valence-corrected chi connectivity index (χ4v) is 1.85. The van der Waals surface area contributed by atoms with Gasteiger partial charge in [-0.05, 0) is 30.5 Å². The first-order chi connectivity index (χ1) is 8.88. The minimum absolute atomic E-state index is 0.0399. The third-order valence-electron chi connectivity index (χ3n) is 2.78. The van der Waals surface area contributed by atoms with Crippen molar-refractivity contribution < 1.29 is 19.1 Å². The average Bonchev–Trinajstić information content (AvgIpc) is 2.27. The van der Waals surface area contributed by atoms with Gasteiger partial charge in [-0.3, -0.25) is 9.59 Å². The lowest BCUT2D eigenvalue weighted by Crippen LogP contribution is -2.28. The molecular formula is C14H18FNO3. The number of hydrogen-bond acceptors (Lipinski definition) is 2. The fourth-order valence-electron chi connectivity index (χ4n) is 1.85. The second-order valence-electron chi connectivity index (χ2n) is 4.75. The number of carbonyl (C=O) groups is 2. The van der Waals surface area contributed by atoms with Crippen LogP contribution in [0.5, 0.6) is 0 Å². The maximum absolute atomic E-state index is 13.0. The molecule has 0 spiro atoms. The first-order valence-electron chi connectivity index (χ1n) is 6.15. The first-order valence-corrected chi connectivity index (χ1v) is 6.15. The van der Waals surface area contributed by atoms with E-state index in [-0.39, 0.29) is 36.5 Å². The molecule has 0 aliphatic heterocycles. The van der Waals surface area contributed by atoms with Crippen molar-refractivity contribution in [2.45, 2.75) is 32.7 Å². The molecule has 1 rings (SSSR count). The molecule has 0 saturated carbocycles. The average molecular weight is 267 g/mol. The molecule has 0 heterocycles. The van der Waals surface area contributed by atoms with Crippen LogP contribution in [0.15, 0.2) is 24.3 Å². The van der Waals surface area contributed by atoms with Crippen molar-refractivity contribution in [2.75, 3.05) is 0 Å². The van der Waals surface area contributed by atoms with Crippen molar-refractivity contribution in [1.29, 1.82) is 0 Å². The number of halogens is 1. The van der Waals surface area contributed by atoms with Gasteiger partial charge in [0.05, 0.1) is 6.04 Å².